The van der Waals surface area contributed by atoms with E-state index >= 15 is 0 Å². The molecule has 1 fully saturated rings. The molecule has 0 aromatic carbocycles. The maximum absolute atomic E-state index is 10.5. The van der Waals surface area contributed by atoms with Crippen molar-refractivity contribution in [1.29, 1.82) is 0 Å². The van der Waals surface area contributed by atoms with Crippen molar-refractivity contribution < 1.29 is 9.59 Å². The number of hydrogen-bond acceptors (Lipinski definition) is 8. The smallest absolute Gasteiger partial charge is 0.238 e. The van der Waals surface area contributed by atoms with Crippen molar-refractivity contribution in [3.63, 3.8) is 0 Å². The number of rotatable bonds is 0. The summed E-state index contributed by atoms with van der Waals surface area (Å²) in [6, 6.07) is 7.59. The third kappa shape index (κ3) is 4.89. The molecule has 5 rings (SSSR count). The van der Waals surface area contributed by atoms with E-state index in [2.05, 4.69) is 42.8 Å². The molecule has 0 saturated carbocycles. The van der Waals surface area contributed by atoms with Crippen molar-refractivity contribution in [3.05, 3.63) is 46.8 Å². The second kappa shape index (κ2) is 9.29. The Morgan fingerprint density at radius 3 is 2.07 bits per heavy atom. The summed E-state index contributed by atoms with van der Waals surface area (Å²) in [5.74, 6) is 0.883. The SMILES string of the molecule is Nc1ncnn2c(I)ccc12.Nc1ncnn2cccc12.O=C1CCC(=O)N1I. The van der Waals surface area contributed by atoms with E-state index in [9.17, 15) is 9.59 Å². The molecule has 4 N–H and O–H groups in total. The molecule has 150 valence electrons. The van der Waals surface area contributed by atoms with Gasteiger partial charge in [-0.05, 0) is 46.9 Å². The summed E-state index contributed by atoms with van der Waals surface area (Å²) in [6.45, 7) is 0. The minimum Gasteiger partial charge on any atom is -0.382 e. The number of hydrogen-bond donors (Lipinski definition) is 2. The summed E-state index contributed by atoms with van der Waals surface area (Å²) < 4.78 is 5.61. The van der Waals surface area contributed by atoms with Crippen molar-refractivity contribution in [3.8, 4) is 0 Å². The lowest BCUT2D eigenvalue weighted by Gasteiger charge is -1.97. The van der Waals surface area contributed by atoms with Crippen LogP contribution < -0.4 is 11.5 Å². The van der Waals surface area contributed by atoms with Crippen LogP contribution in [-0.4, -0.2) is 44.1 Å². The average molecular weight is 619 g/mol. The second-order valence-corrected chi connectivity index (χ2v) is 7.72. The number of amides is 2. The fourth-order valence-corrected chi connectivity index (χ4v) is 3.40. The Hall–Kier alpha value is -2.56. The van der Waals surface area contributed by atoms with Gasteiger partial charge in [0.05, 0.1) is 22.9 Å². The highest BCUT2D eigenvalue weighted by Gasteiger charge is 2.26. The molecule has 13 heteroatoms. The zero-order chi connectivity index (χ0) is 21.0. The van der Waals surface area contributed by atoms with Gasteiger partial charge in [-0.1, -0.05) is 0 Å². The van der Waals surface area contributed by atoms with E-state index in [1.54, 1.807) is 31.9 Å². The number of carbonyl (C=O) groups is 2. The molecule has 4 aromatic heterocycles. The van der Waals surface area contributed by atoms with Gasteiger partial charge < -0.3 is 11.5 Å². The van der Waals surface area contributed by atoms with E-state index in [1.807, 2.05) is 30.5 Å². The van der Waals surface area contributed by atoms with Gasteiger partial charge in [-0.15, -0.1) is 0 Å². The van der Waals surface area contributed by atoms with E-state index in [0.29, 0.717) is 24.5 Å². The lowest BCUT2D eigenvalue weighted by atomic mass is 10.4. The first kappa shape index (κ1) is 21.2. The summed E-state index contributed by atoms with van der Waals surface area (Å²) in [4.78, 5) is 28.7. The normalized spacial score (nSPS) is 13.2. The minimum atomic E-state index is -0.0735. The van der Waals surface area contributed by atoms with Crippen LogP contribution in [0.15, 0.2) is 43.1 Å². The summed E-state index contributed by atoms with van der Waals surface area (Å²) >= 11 is 3.91. The van der Waals surface area contributed by atoms with Crippen molar-refractivity contribution in [2.24, 2.45) is 0 Å². The number of fused-ring (bicyclic) bond motifs is 2. The van der Waals surface area contributed by atoms with Crippen LogP contribution in [0.3, 0.4) is 0 Å². The van der Waals surface area contributed by atoms with E-state index in [0.717, 1.165) is 17.8 Å². The predicted octanol–water partition coefficient (Wildman–Crippen LogP) is 1.71. The third-order valence-electron chi connectivity index (χ3n) is 3.79. The van der Waals surface area contributed by atoms with E-state index in [1.165, 1.54) is 12.7 Å². The molecule has 4 aromatic rings. The fraction of sp³-hybridized carbons (Fsp3) is 0.125. The lowest BCUT2D eigenvalue weighted by Crippen LogP contribution is -2.16. The number of halogens is 2. The molecular weight excluding hydrogens is 604 g/mol. The molecule has 5 heterocycles. The van der Waals surface area contributed by atoms with Gasteiger partial charge in [0.25, 0.3) is 0 Å². The maximum atomic E-state index is 10.5. The number of nitrogens with two attached hydrogens (primary N) is 2. The van der Waals surface area contributed by atoms with E-state index in [4.69, 9.17) is 11.5 Å². The Morgan fingerprint density at radius 1 is 0.897 bits per heavy atom. The number of imide groups is 1. The Morgan fingerprint density at radius 2 is 1.52 bits per heavy atom. The number of nitrogens with zero attached hydrogens (tertiary/aromatic N) is 7. The average Bonchev–Trinajstić information content (AvgIpc) is 3.41. The molecule has 0 aliphatic carbocycles. The van der Waals surface area contributed by atoms with Crippen LogP contribution in [0.25, 0.3) is 11.0 Å². The molecule has 2 amide bonds. The Kier molecular flexibility index (Phi) is 6.78. The number of nitrogen functional groups attached to an aromatic ring is 2. The summed E-state index contributed by atoms with van der Waals surface area (Å²) in [5.41, 5.74) is 12.8. The molecule has 29 heavy (non-hydrogen) atoms. The number of aromatic nitrogens is 6. The Labute approximate surface area is 192 Å². The van der Waals surface area contributed by atoms with Gasteiger partial charge in [-0.3, -0.25) is 9.59 Å². The molecule has 11 nitrogen and oxygen atoms in total. The van der Waals surface area contributed by atoms with Crippen LogP contribution in [0.1, 0.15) is 12.8 Å². The zero-order valence-corrected chi connectivity index (χ0v) is 19.1. The quantitative estimate of drug-likeness (QED) is 0.172. The van der Waals surface area contributed by atoms with Gasteiger partial charge in [-0.2, -0.15) is 10.2 Å². The maximum Gasteiger partial charge on any atom is 0.238 e. The lowest BCUT2D eigenvalue weighted by molar-refractivity contribution is -0.130. The highest BCUT2D eigenvalue weighted by atomic mass is 127. The molecule has 0 atom stereocenters. The first-order valence-electron chi connectivity index (χ1n) is 8.17. The first-order chi connectivity index (χ1) is 13.9. The molecule has 0 unspecified atom stereocenters. The van der Waals surface area contributed by atoms with Crippen molar-refractivity contribution in [1.82, 2.24) is 32.3 Å². The van der Waals surface area contributed by atoms with Gasteiger partial charge in [0, 0.05) is 19.0 Å². The van der Waals surface area contributed by atoms with Crippen LogP contribution in [-0.2, 0) is 9.59 Å². The molecule has 0 spiro atoms. The van der Waals surface area contributed by atoms with Crippen molar-refractivity contribution >= 4 is 79.9 Å². The van der Waals surface area contributed by atoms with Gasteiger partial charge in [-0.25, -0.2) is 22.1 Å². The molecule has 0 bridgehead atoms. The van der Waals surface area contributed by atoms with Gasteiger partial charge >= 0.3 is 0 Å². The topological polar surface area (TPSA) is 150 Å². The molecule has 1 aliphatic rings. The largest absolute Gasteiger partial charge is 0.382 e. The highest BCUT2D eigenvalue weighted by Crippen LogP contribution is 2.15. The van der Waals surface area contributed by atoms with Crippen LogP contribution in [0, 0.1) is 3.70 Å². The Balaban J connectivity index is 0.000000126. The van der Waals surface area contributed by atoms with Crippen molar-refractivity contribution in [2.75, 3.05) is 11.5 Å². The Bertz CT molecular complexity index is 1160. The van der Waals surface area contributed by atoms with Crippen LogP contribution >= 0.6 is 45.5 Å². The minimum absolute atomic E-state index is 0.0735. The van der Waals surface area contributed by atoms with E-state index in [-0.39, 0.29) is 11.8 Å². The molecule has 1 aliphatic heterocycles. The number of carbonyl (C=O) groups excluding carboxylic acids is 2. The molecular formula is C16H15I2N9O2. The van der Waals surface area contributed by atoms with Gasteiger partial charge in [0.1, 0.15) is 27.4 Å². The summed E-state index contributed by atoms with van der Waals surface area (Å²) in [6.07, 6.45) is 5.49. The first-order valence-corrected chi connectivity index (χ1v) is 10.2. The van der Waals surface area contributed by atoms with Gasteiger partial charge in [0.15, 0.2) is 11.6 Å². The zero-order valence-electron chi connectivity index (χ0n) is 14.8. The highest BCUT2D eigenvalue weighted by molar-refractivity contribution is 14.1. The predicted molar refractivity (Wildman–Crippen MR) is 123 cm³/mol. The monoisotopic (exact) mass is 619 g/mol. The molecule has 1 saturated heterocycles. The van der Waals surface area contributed by atoms with Crippen molar-refractivity contribution in [2.45, 2.75) is 12.8 Å². The molecule has 0 radical (unpaired) electrons. The standard InChI is InChI=1S/C6H5IN4.C6H6N4.C4H4INO2/c7-5-2-1-4-6(8)9-3-10-11(4)5;7-6-5-2-1-3-10(5)9-4-8-6;5-6-3(7)1-2-4(6)8/h1-3H,(H2,8,9,10);1-4H,(H2,7,8,9);1-2H2. The fourth-order valence-electron chi connectivity index (χ4n) is 2.36. The summed E-state index contributed by atoms with van der Waals surface area (Å²) in [7, 11) is 0. The van der Waals surface area contributed by atoms with Crippen LogP contribution in [0.5, 0.6) is 0 Å². The third-order valence-corrected chi connectivity index (χ3v) is 5.68. The van der Waals surface area contributed by atoms with E-state index < -0.39 is 0 Å². The summed E-state index contributed by atoms with van der Waals surface area (Å²) in [5, 5.41) is 7.95. The second-order valence-electron chi connectivity index (χ2n) is 5.65. The van der Waals surface area contributed by atoms with Crippen LogP contribution in [0.4, 0.5) is 11.6 Å². The van der Waals surface area contributed by atoms with Crippen LogP contribution in [0.2, 0.25) is 0 Å². The van der Waals surface area contributed by atoms with Gasteiger partial charge in [0.2, 0.25) is 11.8 Å². The number of anilines is 2.